The molecule has 0 aromatic heterocycles. The SMILES string of the molecule is O=C(/C=C/c1ccc(O)c(O)c1)OC1C2C=COC(OC3OC(CO)C(O)C(O)C3O)C2[C@@]2(CO)OC12. The fraction of sp³-hybridized carbons (Fsp3) is 0.542. The number of fused-ring (bicyclic) bond motifs is 3. The summed E-state index contributed by atoms with van der Waals surface area (Å²) in [6.07, 6.45) is -4.68. The molecule has 1 saturated carbocycles. The van der Waals surface area contributed by atoms with E-state index in [1.165, 1.54) is 30.5 Å². The molecule has 37 heavy (non-hydrogen) atoms. The van der Waals surface area contributed by atoms with E-state index in [1.54, 1.807) is 6.08 Å². The van der Waals surface area contributed by atoms with Crippen LogP contribution in [0.4, 0.5) is 0 Å². The molecular formula is C24H28O13. The molecule has 1 aromatic rings. The standard InChI is InChI=1S/C24H28O13/c25-8-14-17(30)18(31)19(32)23(34-14)36-22-16-11(5-6-33-22)20(21-24(16,9-26)37-21)35-15(29)4-2-10-1-3-12(27)13(28)7-10/h1-7,11,14,16-23,25-28,30-32H,8-9H2/b4-2+/t11?,14?,16?,17?,18?,19?,20?,21?,22?,23?,24-/m1/s1. The van der Waals surface area contributed by atoms with Crippen LogP contribution in [0.25, 0.3) is 6.08 Å². The molecule has 13 nitrogen and oxygen atoms in total. The molecule has 3 heterocycles. The molecule has 7 N–H and O–H groups in total. The van der Waals surface area contributed by atoms with Crippen molar-refractivity contribution in [3.05, 3.63) is 42.2 Å². The van der Waals surface area contributed by atoms with Gasteiger partial charge in [-0.3, -0.25) is 0 Å². The Morgan fingerprint density at radius 3 is 2.54 bits per heavy atom. The maximum Gasteiger partial charge on any atom is 0.331 e. The first-order valence-corrected chi connectivity index (χ1v) is 11.7. The number of hydrogen-bond acceptors (Lipinski definition) is 13. The van der Waals surface area contributed by atoms with Crippen molar-refractivity contribution in [2.24, 2.45) is 11.8 Å². The molecule has 2 saturated heterocycles. The van der Waals surface area contributed by atoms with Crippen molar-refractivity contribution in [3.8, 4) is 11.5 Å². The number of phenols is 2. The minimum atomic E-state index is -1.66. The van der Waals surface area contributed by atoms with Crippen molar-refractivity contribution < 1.29 is 64.2 Å². The average Bonchev–Trinajstić information content (AvgIpc) is 3.57. The lowest BCUT2D eigenvalue weighted by molar-refractivity contribution is -0.344. The van der Waals surface area contributed by atoms with Crippen LogP contribution in [-0.4, -0.2) is 110 Å². The second kappa shape index (κ2) is 9.85. The summed E-state index contributed by atoms with van der Waals surface area (Å²) < 4.78 is 28.2. The number of aliphatic hydroxyl groups is 5. The van der Waals surface area contributed by atoms with Gasteiger partial charge in [-0.15, -0.1) is 0 Å². The summed E-state index contributed by atoms with van der Waals surface area (Å²) in [6.45, 7) is -1.08. The lowest BCUT2D eigenvalue weighted by atomic mass is 9.85. The van der Waals surface area contributed by atoms with Crippen LogP contribution < -0.4 is 0 Å². The van der Waals surface area contributed by atoms with Gasteiger partial charge in [0.15, 0.2) is 17.8 Å². The van der Waals surface area contributed by atoms with Gasteiger partial charge in [-0.25, -0.2) is 4.79 Å². The van der Waals surface area contributed by atoms with E-state index in [-0.39, 0.29) is 11.5 Å². The molecule has 11 atom stereocenters. The fourth-order valence-electron chi connectivity index (χ4n) is 5.27. The highest BCUT2D eigenvalue weighted by Gasteiger charge is 2.77. The highest BCUT2D eigenvalue weighted by molar-refractivity contribution is 5.87. The molecular weight excluding hydrogens is 496 g/mol. The number of carbonyl (C=O) groups is 1. The highest BCUT2D eigenvalue weighted by Crippen LogP contribution is 2.60. The van der Waals surface area contributed by atoms with E-state index in [0.717, 1.165) is 6.08 Å². The number of aromatic hydroxyl groups is 2. The quantitative estimate of drug-likeness (QED) is 0.0900. The Bertz CT molecular complexity index is 1070. The summed E-state index contributed by atoms with van der Waals surface area (Å²) in [5.41, 5.74) is -0.714. The van der Waals surface area contributed by atoms with Crippen molar-refractivity contribution >= 4 is 12.0 Å². The van der Waals surface area contributed by atoms with E-state index in [9.17, 15) is 40.5 Å². The van der Waals surface area contributed by atoms with Gasteiger partial charge in [-0.2, -0.15) is 0 Å². The summed E-state index contributed by atoms with van der Waals surface area (Å²) in [5, 5.41) is 69.0. The van der Waals surface area contributed by atoms with Crippen LogP contribution >= 0.6 is 0 Å². The Morgan fingerprint density at radius 1 is 1.05 bits per heavy atom. The first kappa shape index (κ1) is 25.9. The molecule has 3 fully saturated rings. The van der Waals surface area contributed by atoms with Gasteiger partial charge in [0.2, 0.25) is 6.29 Å². The van der Waals surface area contributed by atoms with Gasteiger partial charge in [0, 0.05) is 12.0 Å². The minimum Gasteiger partial charge on any atom is -0.504 e. The second-order valence-corrected chi connectivity index (χ2v) is 9.40. The van der Waals surface area contributed by atoms with Crippen molar-refractivity contribution in [1.29, 1.82) is 0 Å². The van der Waals surface area contributed by atoms with Crippen LogP contribution in [0.5, 0.6) is 11.5 Å². The third-order valence-corrected chi connectivity index (χ3v) is 7.26. The number of hydrogen-bond donors (Lipinski definition) is 7. The number of aliphatic hydroxyl groups excluding tert-OH is 5. The fourth-order valence-corrected chi connectivity index (χ4v) is 5.27. The van der Waals surface area contributed by atoms with Gasteiger partial charge in [-0.1, -0.05) is 6.07 Å². The molecule has 1 aliphatic carbocycles. The van der Waals surface area contributed by atoms with E-state index < -0.39 is 85.8 Å². The van der Waals surface area contributed by atoms with Crippen LogP contribution in [0, 0.1) is 11.8 Å². The van der Waals surface area contributed by atoms with Crippen molar-refractivity contribution in [3.63, 3.8) is 0 Å². The van der Waals surface area contributed by atoms with E-state index in [2.05, 4.69) is 0 Å². The number of ether oxygens (including phenoxy) is 5. The molecule has 4 aliphatic rings. The smallest absolute Gasteiger partial charge is 0.331 e. The van der Waals surface area contributed by atoms with Crippen LogP contribution in [0.15, 0.2) is 36.6 Å². The van der Waals surface area contributed by atoms with Crippen molar-refractivity contribution in [1.82, 2.24) is 0 Å². The molecule has 1 aromatic carbocycles. The molecule has 0 radical (unpaired) electrons. The Morgan fingerprint density at radius 2 is 1.84 bits per heavy atom. The molecule has 0 spiro atoms. The minimum absolute atomic E-state index is 0.297. The van der Waals surface area contributed by atoms with E-state index in [0.29, 0.717) is 5.56 Å². The summed E-state index contributed by atoms with van der Waals surface area (Å²) in [6, 6.07) is 4.04. The number of epoxide rings is 1. The molecule has 0 amide bonds. The number of benzene rings is 1. The van der Waals surface area contributed by atoms with E-state index >= 15 is 0 Å². The zero-order chi connectivity index (χ0) is 26.5. The zero-order valence-electron chi connectivity index (χ0n) is 19.3. The topological polar surface area (TPSA) is 208 Å². The summed E-state index contributed by atoms with van der Waals surface area (Å²) in [4.78, 5) is 12.6. The van der Waals surface area contributed by atoms with Gasteiger partial charge in [0.05, 0.1) is 25.4 Å². The van der Waals surface area contributed by atoms with Gasteiger partial charge < -0.3 is 59.4 Å². The summed E-state index contributed by atoms with van der Waals surface area (Å²) in [5.74, 6) is -2.56. The monoisotopic (exact) mass is 524 g/mol. The van der Waals surface area contributed by atoms with Gasteiger partial charge in [0.1, 0.15) is 42.2 Å². The van der Waals surface area contributed by atoms with Crippen LogP contribution in [0.1, 0.15) is 5.56 Å². The largest absolute Gasteiger partial charge is 0.504 e. The molecule has 10 unspecified atom stereocenters. The normalized spacial score (nSPS) is 42.2. The Balaban J connectivity index is 1.30. The molecule has 202 valence electrons. The van der Waals surface area contributed by atoms with Gasteiger partial charge >= 0.3 is 5.97 Å². The predicted molar refractivity (Wildman–Crippen MR) is 119 cm³/mol. The lowest BCUT2D eigenvalue weighted by Crippen LogP contribution is -2.60. The molecule has 13 heteroatoms. The third kappa shape index (κ3) is 4.47. The van der Waals surface area contributed by atoms with Crippen molar-refractivity contribution in [2.45, 2.75) is 54.8 Å². The summed E-state index contributed by atoms with van der Waals surface area (Å²) >= 11 is 0. The first-order chi connectivity index (χ1) is 17.7. The zero-order valence-corrected chi connectivity index (χ0v) is 19.3. The van der Waals surface area contributed by atoms with E-state index in [4.69, 9.17) is 23.7 Å². The number of carbonyl (C=O) groups excluding carboxylic acids is 1. The first-order valence-electron chi connectivity index (χ1n) is 11.7. The summed E-state index contributed by atoms with van der Waals surface area (Å²) in [7, 11) is 0. The van der Waals surface area contributed by atoms with Gasteiger partial charge in [0.25, 0.3) is 0 Å². The van der Waals surface area contributed by atoms with Crippen molar-refractivity contribution in [2.75, 3.05) is 13.2 Å². The Hall–Kier alpha value is -2.75. The molecule has 5 rings (SSSR count). The van der Waals surface area contributed by atoms with Crippen LogP contribution in [0.2, 0.25) is 0 Å². The maximum atomic E-state index is 12.6. The average molecular weight is 524 g/mol. The van der Waals surface area contributed by atoms with Crippen LogP contribution in [-0.2, 0) is 28.5 Å². The number of rotatable bonds is 7. The highest BCUT2D eigenvalue weighted by atomic mass is 16.8. The molecule has 3 aliphatic heterocycles. The van der Waals surface area contributed by atoms with Crippen LogP contribution in [0.3, 0.4) is 0 Å². The third-order valence-electron chi connectivity index (χ3n) is 7.26. The second-order valence-electron chi connectivity index (χ2n) is 9.40. The maximum absolute atomic E-state index is 12.6. The number of esters is 1. The molecule has 0 bridgehead atoms. The lowest BCUT2D eigenvalue weighted by Gasteiger charge is -2.43. The number of phenolic OH excluding ortho intramolecular Hbond substituents is 2. The Kier molecular flexibility index (Phi) is 6.89. The van der Waals surface area contributed by atoms with E-state index in [1.807, 2.05) is 0 Å². The Labute approximate surface area is 210 Å². The van der Waals surface area contributed by atoms with Gasteiger partial charge in [-0.05, 0) is 29.8 Å². The predicted octanol–water partition coefficient (Wildman–Crippen LogP) is -1.91.